The van der Waals surface area contributed by atoms with Gasteiger partial charge in [-0.2, -0.15) is 11.8 Å². The Morgan fingerprint density at radius 2 is 2.26 bits per heavy atom. The van der Waals surface area contributed by atoms with Crippen LogP contribution in [0.5, 0.6) is 0 Å². The number of aromatic nitrogens is 1. The molecule has 23 heavy (non-hydrogen) atoms. The lowest BCUT2D eigenvalue weighted by atomic mass is 10.2. The highest BCUT2D eigenvalue weighted by Crippen LogP contribution is 2.25. The molecule has 3 N–H and O–H groups in total. The van der Waals surface area contributed by atoms with Crippen LogP contribution in [0.2, 0.25) is 0 Å². The molecule has 0 spiro atoms. The number of hydrogen-bond acceptors (Lipinski definition) is 6. The van der Waals surface area contributed by atoms with Gasteiger partial charge in [-0.1, -0.05) is 11.3 Å². The molecule has 126 valence electrons. The number of anilines is 1. The Balaban J connectivity index is 2.07. The summed E-state index contributed by atoms with van der Waals surface area (Å²) >= 11 is 2.78. The summed E-state index contributed by atoms with van der Waals surface area (Å²) in [6.07, 6.45) is 4.03. The maximum Gasteiger partial charge on any atom is 0.263 e. The van der Waals surface area contributed by atoms with Gasteiger partial charge in [-0.3, -0.25) is 14.4 Å². The highest BCUT2D eigenvalue weighted by Gasteiger charge is 2.24. The van der Waals surface area contributed by atoms with E-state index in [2.05, 4.69) is 20.9 Å². The number of hydrogen-bond donors (Lipinski definition) is 3. The van der Waals surface area contributed by atoms with Crippen LogP contribution in [0.25, 0.3) is 0 Å². The molecule has 2 rings (SSSR count). The number of nitrogens with zero attached hydrogens (tertiary/aromatic N) is 1. The Kier molecular flexibility index (Phi) is 6.40. The zero-order valence-electron chi connectivity index (χ0n) is 13.1. The van der Waals surface area contributed by atoms with E-state index in [0.717, 1.165) is 17.9 Å². The Morgan fingerprint density at radius 1 is 1.48 bits per heavy atom. The molecule has 1 aromatic rings. The van der Waals surface area contributed by atoms with Crippen LogP contribution in [0.4, 0.5) is 5.13 Å². The van der Waals surface area contributed by atoms with Crippen molar-refractivity contribution in [3.63, 3.8) is 0 Å². The molecule has 7 nitrogen and oxygen atoms in total. The van der Waals surface area contributed by atoms with Crippen molar-refractivity contribution >= 4 is 46.0 Å². The molecule has 9 heteroatoms. The van der Waals surface area contributed by atoms with Crippen LogP contribution in [0.1, 0.15) is 35.1 Å². The van der Waals surface area contributed by atoms with Gasteiger partial charge in [-0.15, -0.1) is 0 Å². The van der Waals surface area contributed by atoms with Gasteiger partial charge in [0.25, 0.3) is 5.91 Å². The first kappa shape index (κ1) is 17.7. The maximum atomic E-state index is 12.3. The molecule has 1 atom stereocenters. The third-order valence-electron chi connectivity index (χ3n) is 3.31. The van der Waals surface area contributed by atoms with Gasteiger partial charge in [-0.25, -0.2) is 4.98 Å². The number of amides is 3. The topological polar surface area (TPSA) is 100 Å². The van der Waals surface area contributed by atoms with E-state index in [4.69, 9.17) is 0 Å². The van der Waals surface area contributed by atoms with Crippen molar-refractivity contribution in [2.45, 2.75) is 32.2 Å². The second-order valence-electron chi connectivity index (χ2n) is 5.18. The van der Waals surface area contributed by atoms with Crippen molar-refractivity contribution in [2.24, 2.45) is 0 Å². The second kappa shape index (κ2) is 8.30. The van der Waals surface area contributed by atoms with Crippen LogP contribution < -0.4 is 16.0 Å². The minimum atomic E-state index is -0.600. The Labute approximate surface area is 143 Å². The van der Waals surface area contributed by atoms with Gasteiger partial charge in [0.15, 0.2) is 5.13 Å². The third kappa shape index (κ3) is 4.93. The van der Waals surface area contributed by atoms with Gasteiger partial charge in [-0.05, 0) is 31.3 Å². The first-order valence-electron chi connectivity index (χ1n) is 7.36. The predicted octanol–water partition coefficient (Wildman–Crippen LogP) is 1.02. The zero-order chi connectivity index (χ0) is 16.8. The van der Waals surface area contributed by atoms with Crippen molar-refractivity contribution in [1.82, 2.24) is 15.6 Å². The van der Waals surface area contributed by atoms with Crippen LogP contribution in [-0.4, -0.2) is 47.3 Å². The van der Waals surface area contributed by atoms with E-state index in [9.17, 15) is 14.4 Å². The van der Waals surface area contributed by atoms with E-state index in [1.165, 1.54) is 18.3 Å². The molecule has 1 aliphatic rings. The SMILES string of the molecule is CSCCC(NC(C)=O)C(=O)Nc1nc2c(s1)C(=O)NCCC2. The van der Waals surface area contributed by atoms with Crippen molar-refractivity contribution in [1.29, 1.82) is 0 Å². The van der Waals surface area contributed by atoms with Crippen LogP contribution in [-0.2, 0) is 16.0 Å². The quantitative estimate of drug-likeness (QED) is 0.706. The van der Waals surface area contributed by atoms with Gasteiger partial charge in [0.1, 0.15) is 10.9 Å². The normalized spacial score (nSPS) is 15.1. The predicted molar refractivity (Wildman–Crippen MR) is 92.0 cm³/mol. The molecule has 0 saturated carbocycles. The van der Waals surface area contributed by atoms with E-state index >= 15 is 0 Å². The lowest BCUT2D eigenvalue weighted by Crippen LogP contribution is -2.43. The minimum Gasteiger partial charge on any atom is -0.351 e. The number of nitrogens with one attached hydrogen (secondary N) is 3. The van der Waals surface area contributed by atoms with Crippen molar-refractivity contribution in [3.05, 3.63) is 10.6 Å². The van der Waals surface area contributed by atoms with Crippen LogP contribution in [0, 0.1) is 0 Å². The average molecular weight is 356 g/mol. The molecule has 1 unspecified atom stereocenters. The van der Waals surface area contributed by atoms with Gasteiger partial charge in [0, 0.05) is 13.5 Å². The first-order valence-corrected chi connectivity index (χ1v) is 9.57. The highest BCUT2D eigenvalue weighted by molar-refractivity contribution is 7.98. The molecule has 0 radical (unpaired) electrons. The molecule has 0 fully saturated rings. The molecular formula is C14H20N4O3S2. The smallest absolute Gasteiger partial charge is 0.263 e. The van der Waals surface area contributed by atoms with Crippen molar-refractivity contribution < 1.29 is 14.4 Å². The van der Waals surface area contributed by atoms with Crippen LogP contribution in [0.15, 0.2) is 0 Å². The number of carbonyl (C=O) groups is 3. The van der Waals surface area contributed by atoms with E-state index in [1.54, 1.807) is 11.8 Å². The molecule has 0 aromatic carbocycles. The summed E-state index contributed by atoms with van der Waals surface area (Å²) < 4.78 is 0. The molecule has 0 aliphatic carbocycles. The molecule has 3 amide bonds. The number of rotatable bonds is 6. The summed E-state index contributed by atoms with van der Waals surface area (Å²) in [4.78, 5) is 40.4. The summed E-state index contributed by atoms with van der Waals surface area (Å²) in [5, 5.41) is 8.57. The fourth-order valence-electron chi connectivity index (χ4n) is 2.23. The number of thioether (sulfide) groups is 1. The van der Waals surface area contributed by atoms with Crippen LogP contribution in [0.3, 0.4) is 0 Å². The van der Waals surface area contributed by atoms with Gasteiger partial charge in [0.05, 0.1) is 5.69 Å². The van der Waals surface area contributed by atoms with E-state index in [-0.39, 0.29) is 17.7 Å². The summed E-state index contributed by atoms with van der Waals surface area (Å²) in [5.41, 5.74) is 0.723. The van der Waals surface area contributed by atoms with E-state index in [0.29, 0.717) is 29.4 Å². The second-order valence-corrected chi connectivity index (χ2v) is 7.16. The van der Waals surface area contributed by atoms with E-state index < -0.39 is 6.04 Å². The molecule has 2 heterocycles. The number of thiazole rings is 1. The lowest BCUT2D eigenvalue weighted by Gasteiger charge is -2.16. The Morgan fingerprint density at radius 3 is 2.96 bits per heavy atom. The summed E-state index contributed by atoms with van der Waals surface area (Å²) in [7, 11) is 0. The van der Waals surface area contributed by atoms with Crippen LogP contribution >= 0.6 is 23.1 Å². The fraction of sp³-hybridized carbons (Fsp3) is 0.571. The average Bonchev–Trinajstić information content (AvgIpc) is 2.82. The number of fused-ring (bicyclic) bond motifs is 1. The summed E-state index contributed by atoms with van der Waals surface area (Å²) in [6.45, 7) is 2.03. The van der Waals surface area contributed by atoms with Gasteiger partial charge in [0.2, 0.25) is 11.8 Å². The molecule has 1 aromatic heterocycles. The first-order chi connectivity index (χ1) is 11.0. The minimum absolute atomic E-state index is 0.142. The van der Waals surface area contributed by atoms with Gasteiger partial charge >= 0.3 is 0 Å². The van der Waals surface area contributed by atoms with Gasteiger partial charge < -0.3 is 16.0 Å². The largest absolute Gasteiger partial charge is 0.351 e. The fourth-order valence-corrected chi connectivity index (χ4v) is 3.64. The van der Waals surface area contributed by atoms with Crippen molar-refractivity contribution in [2.75, 3.05) is 23.9 Å². The summed E-state index contributed by atoms with van der Waals surface area (Å²) in [5.74, 6) is 0.0604. The monoisotopic (exact) mass is 356 g/mol. The standard InChI is InChI=1S/C14H20N4O3S2/c1-8(19)16-10(5-7-22-2)12(20)18-14-17-9-4-3-6-15-13(21)11(9)23-14/h10H,3-7H2,1-2H3,(H,15,21)(H,16,19)(H,17,18,20). The summed E-state index contributed by atoms with van der Waals surface area (Å²) in [6, 6.07) is -0.600. The Hall–Kier alpha value is -1.61. The number of carbonyl (C=O) groups excluding carboxylic acids is 3. The molecule has 0 saturated heterocycles. The van der Waals surface area contributed by atoms with Crippen molar-refractivity contribution in [3.8, 4) is 0 Å². The zero-order valence-corrected chi connectivity index (χ0v) is 14.7. The molecule has 1 aliphatic heterocycles. The Bertz CT molecular complexity index is 603. The lowest BCUT2D eigenvalue weighted by molar-refractivity contribution is -0.125. The number of aryl methyl sites for hydroxylation is 1. The third-order valence-corrected chi connectivity index (χ3v) is 4.97. The van der Waals surface area contributed by atoms with E-state index in [1.807, 2.05) is 6.26 Å². The maximum absolute atomic E-state index is 12.3. The molecular weight excluding hydrogens is 336 g/mol. The molecule has 0 bridgehead atoms. The highest BCUT2D eigenvalue weighted by atomic mass is 32.2.